The first kappa shape index (κ1) is 16.1. The van der Waals surface area contributed by atoms with Crippen LogP contribution in [0.15, 0.2) is 24.3 Å². The standard InChI is InChI=1S/C12H14F3NO4/c13-12(14,15)7-18-8-20-11(17)4-5-19-10-3-1-2-9(16)6-10/h1-3,6H,4-5,7-8,16H2. The third-order valence-electron chi connectivity index (χ3n) is 2.00. The van der Waals surface area contributed by atoms with Crippen LogP contribution in [0.4, 0.5) is 18.9 Å². The Morgan fingerprint density at radius 1 is 1.30 bits per heavy atom. The second kappa shape index (κ2) is 7.59. The summed E-state index contributed by atoms with van der Waals surface area (Å²) in [6.07, 6.45) is -4.55. The predicted octanol–water partition coefficient (Wildman–Crippen LogP) is 2.12. The lowest BCUT2D eigenvalue weighted by atomic mass is 10.3. The zero-order valence-electron chi connectivity index (χ0n) is 10.5. The van der Waals surface area contributed by atoms with Crippen LogP contribution in [0.25, 0.3) is 0 Å². The summed E-state index contributed by atoms with van der Waals surface area (Å²) in [5.74, 6) is -0.220. The topological polar surface area (TPSA) is 70.8 Å². The van der Waals surface area contributed by atoms with E-state index < -0.39 is 25.5 Å². The summed E-state index contributed by atoms with van der Waals surface area (Å²) < 4.78 is 48.9. The molecule has 0 aliphatic rings. The van der Waals surface area contributed by atoms with Gasteiger partial charge in [-0.05, 0) is 12.1 Å². The number of alkyl halides is 3. The first-order chi connectivity index (χ1) is 9.37. The van der Waals surface area contributed by atoms with Crippen molar-refractivity contribution in [2.24, 2.45) is 0 Å². The fourth-order valence-electron chi connectivity index (χ4n) is 1.19. The van der Waals surface area contributed by atoms with E-state index in [0.29, 0.717) is 11.4 Å². The molecule has 0 fully saturated rings. The number of ether oxygens (including phenoxy) is 3. The van der Waals surface area contributed by atoms with Gasteiger partial charge in [0.05, 0.1) is 13.0 Å². The van der Waals surface area contributed by atoms with E-state index >= 15 is 0 Å². The van der Waals surface area contributed by atoms with Gasteiger partial charge in [-0.3, -0.25) is 4.79 Å². The summed E-state index contributed by atoms with van der Waals surface area (Å²) in [5, 5.41) is 0. The highest BCUT2D eigenvalue weighted by atomic mass is 19.4. The Morgan fingerprint density at radius 3 is 2.70 bits per heavy atom. The van der Waals surface area contributed by atoms with E-state index in [4.69, 9.17) is 10.5 Å². The molecule has 0 saturated heterocycles. The van der Waals surface area contributed by atoms with E-state index in [0.717, 1.165) is 0 Å². The van der Waals surface area contributed by atoms with Gasteiger partial charge >= 0.3 is 12.1 Å². The Balaban J connectivity index is 2.11. The van der Waals surface area contributed by atoms with Gasteiger partial charge in [-0.1, -0.05) is 6.07 Å². The molecule has 5 nitrogen and oxygen atoms in total. The minimum atomic E-state index is -4.44. The quantitative estimate of drug-likeness (QED) is 0.361. The van der Waals surface area contributed by atoms with Crippen LogP contribution in [0.1, 0.15) is 6.42 Å². The van der Waals surface area contributed by atoms with Gasteiger partial charge in [0.25, 0.3) is 0 Å². The van der Waals surface area contributed by atoms with Crippen LogP contribution in [-0.4, -0.2) is 32.2 Å². The van der Waals surface area contributed by atoms with Crippen LogP contribution in [0.3, 0.4) is 0 Å². The Labute approximate surface area is 113 Å². The van der Waals surface area contributed by atoms with Crippen molar-refractivity contribution in [3.63, 3.8) is 0 Å². The number of nitrogen functional groups attached to an aromatic ring is 1. The van der Waals surface area contributed by atoms with Crippen LogP contribution in [0.2, 0.25) is 0 Å². The number of benzene rings is 1. The molecule has 2 N–H and O–H groups in total. The van der Waals surface area contributed by atoms with E-state index in [2.05, 4.69) is 9.47 Å². The Bertz CT molecular complexity index is 437. The van der Waals surface area contributed by atoms with Crippen molar-refractivity contribution in [2.45, 2.75) is 12.6 Å². The number of carbonyl (C=O) groups is 1. The Morgan fingerprint density at radius 2 is 2.05 bits per heavy atom. The van der Waals surface area contributed by atoms with E-state index in [-0.39, 0.29) is 13.0 Å². The second-order valence-electron chi connectivity index (χ2n) is 3.77. The lowest BCUT2D eigenvalue weighted by Gasteiger charge is -2.09. The van der Waals surface area contributed by atoms with Crippen molar-refractivity contribution < 1.29 is 32.2 Å². The summed E-state index contributed by atoms with van der Waals surface area (Å²) in [7, 11) is 0. The fraction of sp³-hybridized carbons (Fsp3) is 0.417. The van der Waals surface area contributed by atoms with Gasteiger partial charge in [0.1, 0.15) is 12.4 Å². The molecule has 0 aliphatic carbocycles. The molecule has 0 aromatic heterocycles. The number of hydrogen-bond donors (Lipinski definition) is 1. The molecule has 0 atom stereocenters. The summed E-state index contributed by atoms with van der Waals surface area (Å²) in [5.41, 5.74) is 6.05. The summed E-state index contributed by atoms with van der Waals surface area (Å²) in [6, 6.07) is 6.61. The summed E-state index contributed by atoms with van der Waals surface area (Å²) in [6.45, 7) is -2.17. The number of halogens is 3. The van der Waals surface area contributed by atoms with Crippen LogP contribution in [0.5, 0.6) is 5.75 Å². The highest BCUT2D eigenvalue weighted by Gasteiger charge is 2.27. The van der Waals surface area contributed by atoms with Gasteiger partial charge in [-0.15, -0.1) is 0 Å². The molecule has 20 heavy (non-hydrogen) atoms. The molecule has 0 unspecified atom stereocenters. The van der Waals surface area contributed by atoms with Crippen molar-refractivity contribution in [1.82, 2.24) is 0 Å². The minimum absolute atomic E-state index is 0.0293. The van der Waals surface area contributed by atoms with Crippen LogP contribution < -0.4 is 10.5 Å². The first-order valence-electron chi connectivity index (χ1n) is 5.65. The normalized spacial score (nSPS) is 11.2. The van der Waals surface area contributed by atoms with Crippen molar-refractivity contribution in [3.8, 4) is 5.75 Å². The molecule has 0 amide bonds. The summed E-state index contributed by atoms with van der Waals surface area (Å²) >= 11 is 0. The maximum absolute atomic E-state index is 11.7. The highest BCUT2D eigenvalue weighted by molar-refractivity contribution is 5.69. The van der Waals surface area contributed by atoms with Crippen molar-refractivity contribution in [3.05, 3.63) is 24.3 Å². The molecule has 1 aromatic rings. The van der Waals surface area contributed by atoms with E-state index in [1.807, 2.05) is 0 Å². The van der Waals surface area contributed by atoms with Gasteiger partial charge in [0, 0.05) is 11.8 Å². The average molecular weight is 293 g/mol. The number of nitrogens with two attached hydrogens (primary N) is 1. The molecule has 0 bridgehead atoms. The molecule has 1 aromatic carbocycles. The molecule has 0 spiro atoms. The summed E-state index contributed by atoms with van der Waals surface area (Å²) in [4.78, 5) is 11.1. The number of hydrogen-bond acceptors (Lipinski definition) is 5. The number of esters is 1. The predicted molar refractivity (Wildman–Crippen MR) is 63.9 cm³/mol. The third-order valence-corrected chi connectivity index (χ3v) is 2.00. The van der Waals surface area contributed by atoms with E-state index in [9.17, 15) is 18.0 Å². The van der Waals surface area contributed by atoms with E-state index in [1.165, 1.54) is 0 Å². The monoisotopic (exact) mass is 293 g/mol. The SMILES string of the molecule is Nc1cccc(OCCC(=O)OCOCC(F)(F)F)c1. The molecule has 1 rings (SSSR count). The molecule has 112 valence electrons. The second-order valence-corrected chi connectivity index (χ2v) is 3.77. The molecular formula is C12H14F3NO4. The molecule has 0 heterocycles. The maximum Gasteiger partial charge on any atom is 0.411 e. The van der Waals surface area contributed by atoms with Gasteiger partial charge in [-0.25, -0.2) is 0 Å². The van der Waals surface area contributed by atoms with Crippen LogP contribution >= 0.6 is 0 Å². The van der Waals surface area contributed by atoms with Crippen molar-refractivity contribution in [2.75, 3.05) is 25.7 Å². The minimum Gasteiger partial charge on any atom is -0.493 e. The zero-order chi connectivity index (χ0) is 15.0. The number of anilines is 1. The third kappa shape index (κ3) is 7.47. The van der Waals surface area contributed by atoms with Crippen LogP contribution in [-0.2, 0) is 14.3 Å². The molecular weight excluding hydrogens is 279 g/mol. The molecule has 0 saturated carbocycles. The number of rotatable bonds is 7. The highest BCUT2D eigenvalue weighted by Crippen LogP contribution is 2.15. The Kier molecular flexibility index (Phi) is 6.10. The van der Waals surface area contributed by atoms with Crippen LogP contribution in [0, 0.1) is 0 Å². The lowest BCUT2D eigenvalue weighted by molar-refractivity contribution is -0.200. The van der Waals surface area contributed by atoms with Crippen molar-refractivity contribution in [1.29, 1.82) is 0 Å². The largest absolute Gasteiger partial charge is 0.493 e. The van der Waals surface area contributed by atoms with E-state index in [1.54, 1.807) is 24.3 Å². The molecule has 0 radical (unpaired) electrons. The first-order valence-corrected chi connectivity index (χ1v) is 5.65. The number of carbonyl (C=O) groups excluding carboxylic acids is 1. The van der Waals surface area contributed by atoms with Gasteiger partial charge in [0.2, 0.25) is 0 Å². The molecule has 8 heteroatoms. The maximum atomic E-state index is 11.7. The fourth-order valence-corrected chi connectivity index (χ4v) is 1.19. The Hall–Kier alpha value is -1.96. The smallest absolute Gasteiger partial charge is 0.411 e. The zero-order valence-corrected chi connectivity index (χ0v) is 10.5. The van der Waals surface area contributed by atoms with Gasteiger partial charge in [-0.2, -0.15) is 13.2 Å². The average Bonchev–Trinajstić information content (AvgIpc) is 2.34. The van der Waals surface area contributed by atoms with Crippen molar-refractivity contribution >= 4 is 11.7 Å². The lowest BCUT2D eigenvalue weighted by Crippen LogP contribution is -2.20. The van der Waals surface area contributed by atoms with Gasteiger partial charge in [0.15, 0.2) is 6.79 Å². The van der Waals surface area contributed by atoms with Gasteiger partial charge < -0.3 is 19.9 Å². The molecule has 0 aliphatic heterocycles.